The number of nitrogens with one attached hydrogen (secondary N) is 1. The van der Waals surface area contributed by atoms with Crippen LogP contribution in [0.3, 0.4) is 0 Å². The van der Waals surface area contributed by atoms with Crippen LogP contribution in [0.2, 0.25) is 0 Å². The quantitative estimate of drug-likeness (QED) is 0.808. The Hall–Kier alpha value is -0.840. The topological polar surface area (TPSA) is 46.4 Å². The monoisotopic (exact) mass is 238 g/mol. The van der Waals surface area contributed by atoms with E-state index in [4.69, 9.17) is 4.74 Å². The standard InChI is InChI=1S/C13H22N2O2/c1-2-15-6-3-12(10-15)9-14-11-13(16)4-7-17-8-5-13/h3,6,10,14,16H,2,4-5,7-9,11H2,1H3. The zero-order valence-electron chi connectivity index (χ0n) is 10.5. The first kappa shape index (κ1) is 12.6. The molecule has 96 valence electrons. The molecule has 1 saturated heterocycles. The molecule has 2 heterocycles. The first-order valence-electron chi connectivity index (χ1n) is 6.37. The van der Waals surface area contributed by atoms with Crippen molar-refractivity contribution in [2.45, 2.75) is 38.5 Å². The van der Waals surface area contributed by atoms with Crippen molar-refractivity contribution in [1.82, 2.24) is 9.88 Å². The van der Waals surface area contributed by atoms with Gasteiger partial charge >= 0.3 is 0 Å². The lowest BCUT2D eigenvalue weighted by molar-refractivity contribution is -0.0617. The SMILES string of the molecule is CCn1ccc(CNCC2(O)CCOCC2)c1. The molecule has 0 bridgehead atoms. The van der Waals surface area contributed by atoms with Crippen LogP contribution in [0.1, 0.15) is 25.3 Å². The minimum Gasteiger partial charge on any atom is -0.388 e. The summed E-state index contributed by atoms with van der Waals surface area (Å²) in [5.41, 5.74) is 0.688. The summed E-state index contributed by atoms with van der Waals surface area (Å²) in [6.45, 7) is 5.93. The molecule has 0 amide bonds. The fraction of sp³-hybridized carbons (Fsp3) is 0.692. The summed E-state index contributed by atoms with van der Waals surface area (Å²) in [4.78, 5) is 0. The molecule has 0 radical (unpaired) electrons. The summed E-state index contributed by atoms with van der Waals surface area (Å²) in [5.74, 6) is 0. The number of aliphatic hydroxyl groups is 1. The molecular weight excluding hydrogens is 216 g/mol. The van der Waals surface area contributed by atoms with Gasteiger partial charge in [-0.25, -0.2) is 0 Å². The molecule has 1 aliphatic heterocycles. The molecule has 1 fully saturated rings. The third-order valence-electron chi connectivity index (χ3n) is 3.38. The lowest BCUT2D eigenvalue weighted by Crippen LogP contribution is -2.44. The third kappa shape index (κ3) is 3.56. The molecule has 0 aromatic carbocycles. The van der Waals surface area contributed by atoms with Crippen LogP contribution in [0, 0.1) is 0 Å². The van der Waals surface area contributed by atoms with E-state index in [2.05, 4.69) is 35.3 Å². The van der Waals surface area contributed by atoms with E-state index in [1.54, 1.807) is 0 Å². The largest absolute Gasteiger partial charge is 0.388 e. The second kappa shape index (κ2) is 5.67. The van der Waals surface area contributed by atoms with Gasteiger partial charge in [-0.3, -0.25) is 0 Å². The average Bonchev–Trinajstić information content (AvgIpc) is 2.78. The van der Waals surface area contributed by atoms with Gasteiger partial charge in [-0.2, -0.15) is 0 Å². The molecule has 0 spiro atoms. The minimum absolute atomic E-state index is 0.578. The first-order chi connectivity index (χ1) is 8.22. The fourth-order valence-electron chi connectivity index (χ4n) is 2.16. The van der Waals surface area contributed by atoms with Crippen molar-refractivity contribution in [1.29, 1.82) is 0 Å². The number of nitrogens with zero attached hydrogens (tertiary/aromatic N) is 1. The number of aromatic nitrogens is 1. The Morgan fingerprint density at radius 3 is 2.88 bits per heavy atom. The smallest absolute Gasteiger partial charge is 0.0815 e. The summed E-state index contributed by atoms with van der Waals surface area (Å²) < 4.78 is 7.41. The van der Waals surface area contributed by atoms with Crippen molar-refractivity contribution < 1.29 is 9.84 Å². The molecule has 0 unspecified atom stereocenters. The molecule has 1 aliphatic rings. The zero-order valence-corrected chi connectivity index (χ0v) is 10.5. The highest BCUT2D eigenvalue weighted by Gasteiger charge is 2.28. The molecule has 0 aliphatic carbocycles. The van der Waals surface area contributed by atoms with Crippen molar-refractivity contribution in [3.05, 3.63) is 24.0 Å². The van der Waals surface area contributed by atoms with Gasteiger partial charge in [-0.05, 0) is 18.6 Å². The fourth-order valence-corrected chi connectivity index (χ4v) is 2.16. The van der Waals surface area contributed by atoms with Crippen molar-refractivity contribution in [3.8, 4) is 0 Å². The normalized spacial score (nSPS) is 19.4. The number of aryl methyl sites for hydroxylation is 1. The van der Waals surface area contributed by atoms with E-state index in [1.807, 2.05) is 0 Å². The molecular formula is C13H22N2O2. The van der Waals surface area contributed by atoms with Gasteiger partial charge in [0.1, 0.15) is 0 Å². The molecule has 0 atom stereocenters. The van der Waals surface area contributed by atoms with Gasteiger partial charge in [0, 0.05) is 58.1 Å². The first-order valence-corrected chi connectivity index (χ1v) is 6.37. The molecule has 1 aromatic heterocycles. The minimum atomic E-state index is -0.578. The van der Waals surface area contributed by atoms with Gasteiger partial charge in [-0.1, -0.05) is 0 Å². The second-order valence-corrected chi connectivity index (χ2v) is 4.79. The number of rotatable bonds is 5. The Labute approximate surface area is 103 Å². The summed E-state index contributed by atoms with van der Waals surface area (Å²) in [5, 5.41) is 13.6. The van der Waals surface area contributed by atoms with Gasteiger partial charge in [0.05, 0.1) is 5.60 Å². The predicted octanol–water partition coefficient (Wildman–Crippen LogP) is 1.14. The Kier molecular flexibility index (Phi) is 4.20. The van der Waals surface area contributed by atoms with Crippen LogP contribution in [0.15, 0.2) is 18.5 Å². The average molecular weight is 238 g/mol. The molecule has 4 nitrogen and oxygen atoms in total. The number of hydrogen-bond donors (Lipinski definition) is 2. The number of ether oxygens (including phenoxy) is 1. The van der Waals surface area contributed by atoms with Crippen LogP contribution < -0.4 is 5.32 Å². The maximum atomic E-state index is 10.3. The highest BCUT2D eigenvalue weighted by atomic mass is 16.5. The molecule has 2 N–H and O–H groups in total. The van der Waals surface area contributed by atoms with Gasteiger partial charge in [-0.15, -0.1) is 0 Å². The van der Waals surface area contributed by atoms with Crippen molar-refractivity contribution >= 4 is 0 Å². The molecule has 0 saturated carbocycles. The predicted molar refractivity (Wildman–Crippen MR) is 66.8 cm³/mol. The van der Waals surface area contributed by atoms with Crippen LogP contribution in [0.25, 0.3) is 0 Å². The van der Waals surface area contributed by atoms with Gasteiger partial charge in [0.25, 0.3) is 0 Å². The Morgan fingerprint density at radius 1 is 1.47 bits per heavy atom. The van der Waals surface area contributed by atoms with Crippen LogP contribution in [-0.4, -0.2) is 35.0 Å². The van der Waals surface area contributed by atoms with E-state index in [0.29, 0.717) is 19.8 Å². The third-order valence-corrected chi connectivity index (χ3v) is 3.38. The van der Waals surface area contributed by atoms with Gasteiger partial charge in [0.15, 0.2) is 0 Å². The van der Waals surface area contributed by atoms with Crippen molar-refractivity contribution in [3.63, 3.8) is 0 Å². The van der Waals surface area contributed by atoms with Crippen LogP contribution >= 0.6 is 0 Å². The van der Waals surface area contributed by atoms with E-state index in [9.17, 15) is 5.11 Å². The lowest BCUT2D eigenvalue weighted by Gasteiger charge is -2.32. The molecule has 4 heteroatoms. The maximum Gasteiger partial charge on any atom is 0.0815 e. The second-order valence-electron chi connectivity index (χ2n) is 4.79. The number of hydrogen-bond acceptors (Lipinski definition) is 3. The van der Waals surface area contributed by atoms with E-state index < -0.39 is 5.60 Å². The summed E-state index contributed by atoms with van der Waals surface area (Å²) in [6, 6.07) is 2.12. The van der Waals surface area contributed by atoms with Gasteiger partial charge < -0.3 is 19.7 Å². The summed E-state index contributed by atoms with van der Waals surface area (Å²) >= 11 is 0. The molecule has 1 aromatic rings. The highest BCUT2D eigenvalue weighted by molar-refractivity contribution is 5.09. The lowest BCUT2D eigenvalue weighted by atomic mass is 9.94. The zero-order chi connectivity index (χ0) is 12.1. The Balaban J connectivity index is 1.74. The molecule has 17 heavy (non-hydrogen) atoms. The van der Waals surface area contributed by atoms with E-state index in [-0.39, 0.29) is 0 Å². The van der Waals surface area contributed by atoms with E-state index in [0.717, 1.165) is 25.9 Å². The summed E-state index contributed by atoms with van der Waals surface area (Å²) in [7, 11) is 0. The highest BCUT2D eigenvalue weighted by Crippen LogP contribution is 2.19. The Bertz CT molecular complexity index is 343. The van der Waals surface area contributed by atoms with Crippen molar-refractivity contribution in [2.24, 2.45) is 0 Å². The van der Waals surface area contributed by atoms with Gasteiger partial charge in [0.2, 0.25) is 0 Å². The maximum absolute atomic E-state index is 10.3. The van der Waals surface area contributed by atoms with Crippen molar-refractivity contribution in [2.75, 3.05) is 19.8 Å². The van der Waals surface area contributed by atoms with Crippen LogP contribution in [-0.2, 0) is 17.8 Å². The summed E-state index contributed by atoms with van der Waals surface area (Å²) in [6.07, 6.45) is 5.69. The molecule has 2 rings (SSSR count). The Morgan fingerprint density at radius 2 is 2.24 bits per heavy atom. The van der Waals surface area contributed by atoms with E-state index >= 15 is 0 Å². The van der Waals surface area contributed by atoms with Crippen LogP contribution in [0.4, 0.5) is 0 Å². The van der Waals surface area contributed by atoms with E-state index in [1.165, 1.54) is 5.56 Å². The van der Waals surface area contributed by atoms with Crippen LogP contribution in [0.5, 0.6) is 0 Å².